The molecule has 4 rings (SSSR count). The van der Waals surface area contributed by atoms with Crippen LogP contribution in [0.4, 0.5) is 0 Å². The van der Waals surface area contributed by atoms with Crippen LogP contribution in [0.5, 0.6) is 0 Å². The van der Waals surface area contributed by atoms with Crippen molar-refractivity contribution in [1.82, 2.24) is 20.1 Å². The minimum Gasteiger partial charge on any atom is -0.438 e. The predicted octanol–water partition coefficient (Wildman–Crippen LogP) is 5.27. The van der Waals surface area contributed by atoms with Crippen LogP contribution in [0.3, 0.4) is 0 Å². The Morgan fingerprint density at radius 2 is 1.80 bits per heavy atom. The van der Waals surface area contributed by atoms with Crippen LogP contribution in [0.2, 0.25) is 10.0 Å². The highest BCUT2D eigenvalue weighted by Gasteiger charge is 2.22. The third kappa shape index (κ3) is 7.07. The number of carbonyl (C=O) groups excluding carboxylic acids is 1. The molecule has 0 aliphatic carbocycles. The molecule has 2 heterocycles. The summed E-state index contributed by atoms with van der Waals surface area (Å²) in [6.07, 6.45) is 3.06. The minimum absolute atomic E-state index is 0.0926. The van der Waals surface area contributed by atoms with Crippen molar-refractivity contribution in [1.29, 1.82) is 0 Å². The van der Waals surface area contributed by atoms with Crippen LogP contribution in [0.1, 0.15) is 46.6 Å². The number of hydrogen-bond acceptors (Lipinski definition) is 5. The molecule has 0 saturated carbocycles. The summed E-state index contributed by atoms with van der Waals surface area (Å²) < 4.78 is 5.45. The number of piperazine rings is 1. The summed E-state index contributed by atoms with van der Waals surface area (Å²) in [6.45, 7) is 8.38. The van der Waals surface area contributed by atoms with Crippen molar-refractivity contribution in [2.75, 3.05) is 39.3 Å². The Labute approximate surface area is 217 Å². The van der Waals surface area contributed by atoms with E-state index in [0.717, 1.165) is 57.7 Å². The summed E-state index contributed by atoms with van der Waals surface area (Å²) in [5, 5.41) is 4.25. The molecule has 1 aliphatic heterocycles. The zero-order chi connectivity index (χ0) is 24.6. The fraction of sp³-hybridized carbons (Fsp3) is 0.407. The maximum absolute atomic E-state index is 12.7. The zero-order valence-corrected chi connectivity index (χ0v) is 21.6. The van der Waals surface area contributed by atoms with E-state index in [1.54, 1.807) is 0 Å². The number of carbonyl (C=O) groups is 1. The van der Waals surface area contributed by atoms with Crippen LogP contribution in [0.25, 0.3) is 0 Å². The van der Waals surface area contributed by atoms with E-state index in [-0.39, 0.29) is 11.8 Å². The summed E-state index contributed by atoms with van der Waals surface area (Å²) in [7, 11) is 0. The van der Waals surface area contributed by atoms with Gasteiger partial charge >= 0.3 is 0 Å². The summed E-state index contributed by atoms with van der Waals surface area (Å²) in [5.41, 5.74) is 2.99. The van der Waals surface area contributed by atoms with Gasteiger partial charge in [0.15, 0.2) is 6.39 Å². The molecule has 1 atom stereocenters. The average Bonchev–Trinajstić information content (AvgIpc) is 3.37. The Morgan fingerprint density at radius 1 is 1.06 bits per heavy atom. The van der Waals surface area contributed by atoms with E-state index < -0.39 is 0 Å². The third-order valence-corrected chi connectivity index (χ3v) is 7.34. The molecule has 1 fully saturated rings. The second-order valence-electron chi connectivity index (χ2n) is 9.10. The lowest BCUT2D eigenvalue weighted by atomic mass is 9.97. The molecule has 2 aromatic carbocycles. The van der Waals surface area contributed by atoms with Crippen molar-refractivity contribution >= 4 is 29.1 Å². The SMILES string of the molecule is CC(Cc1ccccc1)c1ncoc1C(=O)NCCCN1CCN(Cc2cccc(Cl)c2Cl)CC1. The summed E-state index contributed by atoms with van der Waals surface area (Å²) in [5.74, 6) is 0.220. The van der Waals surface area contributed by atoms with Gasteiger partial charge in [-0.15, -0.1) is 0 Å². The molecule has 186 valence electrons. The Balaban J connectivity index is 1.17. The molecule has 1 N–H and O–H groups in total. The lowest BCUT2D eigenvalue weighted by Crippen LogP contribution is -2.46. The number of aromatic nitrogens is 1. The quantitative estimate of drug-likeness (QED) is 0.373. The van der Waals surface area contributed by atoms with Crippen LogP contribution in [-0.2, 0) is 13.0 Å². The maximum atomic E-state index is 12.7. The average molecular weight is 515 g/mol. The van der Waals surface area contributed by atoms with E-state index in [1.165, 1.54) is 12.0 Å². The van der Waals surface area contributed by atoms with Gasteiger partial charge in [-0.05, 0) is 36.6 Å². The van der Waals surface area contributed by atoms with Gasteiger partial charge in [0.05, 0.1) is 15.7 Å². The third-order valence-electron chi connectivity index (χ3n) is 6.48. The molecule has 35 heavy (non-hydrogen) atoms. The molecular weight excluding hydrogens is 483 g/mol. The molecule has 3 aromatic rings. The van der Waals surface area contributed by atoms with Crippen molar-refractivity contribution in [3.8, 4) is 0 Å². The molecule has 0 bridgehead atoms. The van der Waals surface area contributed by atoms with Crippen molar-refractivity contribution in [2.24, 2.45) is 0 Å². The van der Waals surface area contributed by atoms with Crippen molar-refractivity contribution in [3.63, 3.8) is 0 Å². The second-order valence-corrected chi connectivity index (χ2v) is 9.88. The topological polar surface area (TPSA) is 61.6 Å². The van der Waals surface area contributed by atoms with Gasteiger partial charge < -0.3 is 14.6 Å². The van der Waals surface area contributed by atoms with Gasteiger partial charge in [-0.1, -0.05) is 72.6 Å². The lowest BCUT2D eigenvalue weighted by Gasteiger charge is -2.34. The monoisotopic (exact) mass is 514 g/mol. The lowest BCUT2D eigenvalue weighted by molar-refractivity contribution is 0.0918. The van der Waals surface area contributed by atoms with Crippen LogP contribution < -0.4 is 5.32 Å². The van der Waals surface area contributed by atoms with E-state index >= 15 is 0 Å². The van der Waals surface area contributed by atoms with E-state index in [1.807, 2.05) is 36.4 Å². The van der Waals surface area contributed by atoms with Gasteiger partial charge in [0.1, 0.15) is 0 Å². The molecule has 6 nitrogen and oxygen atoms in total. The molecule has 0 spiro atoms. The summed E-state index contributed by atoms with van der Waals surface area (Å²) in [6, 6.07) is 16.0. The normalized spacial score (nSPS) is 15.7. The van der Waals surface area contributed by atoms with Gasteiger partial charge in [0, 0.05) is 45.2 Å². The number of amides is 1. The predicted molar refractivity (Wildman–Crippen MR) is 140 cm³/mol. The van der Waals surface area contributed by atoms with Crippen LogP contribution >= 0.6 is 23.2 Å². The van der Waals surface area contributed by atoms with Crippen molar-refractivity contribution < 1.29 is 9.21 Å². The molecule has 1 amide bonds. The fourth-order valence-electron chi connectivity index (χ4n) is 4.51. The van der Waals surface area contributed by atoms with Gasteiger partial charge in [0.25, 0.3) is 5.91 Å². The van der Waals surface area contributed by atoms with Crippen LogP contribution in [0.15, 0.2) is 59.3 Å². The first-order valence-electron chi connectivity index (χ1n) is 12.1. The van der Waals surface area contributed by atoms with E-state index in [2.05, 4.69) is 39.2 Å². The number of nitrogens with one attached hydrogen (secondary N) is 1. The molecular formula is C27H32Cl2N4O2. The van der Waals surface area contributed by atoms with Gasteiger partial charge in [-0.25, -0.2) is 4.98 Å². The Morgan fingerprint density at radius 3 is 2.57 bits per heavy atom. The van der Waals surface area contributed by atoms with Crippen molar-refractivity contribution in [2.45, 2.75) is 32.2 Å². The Bertz CT molecular complexity index is 1100. The highest BCUT2D eigenvalue weighted by Crippen LogP contribution is 2.27. The maximum Gasteiger partial charge on any atom is 0.289 e. The van der Waals surface area contributed by atoms with Gasteiger partial charge in [-0.2, -0.15) is 0 Å². The molecule has 0 radical (unpaired) electrons. The standard InChI is InChI=1S/C27H32Cl2N4O2/c1-20(17-21-7-3-2-4-8-21)25-26(35-19-31-25)27(34)30-11-6-12-32-13-15-33(16-14-32)18-22-9-5-10-23(28)24(22)29/h2-5,7-10,19-20H,6,11-18H2,1H3,(H,30,34). The summed E-state index contributed by atoms with van der Waals surface area (Å²) in [4.78, 5) is 21.9. The van der Waals surface area contributed by atoms with Gasteiger partial charge in [0.2, 0.25) is 5.76 Å². The smallest absolute Gasteiger partial charge is 0.289 e. The number of hydrogen-bond donors (Lipinski definition) is 1. The zero-order valence-electron chi connectivity index (χ0n) is 20.1. The number of rotatable bonds is 10. The van der Waals surface area contributed by atoms with Crippen molar-refractivity contribution in [3.05, 3.63) is 87.6 Å². The number of halogens is 2. The first-order valence-corrected chi connectivity index (χ1v) is 12.9. The number of nitrogens with zero attached hydrogens (tertiary/aromatic N) is 3. The molecule has 8 heteroatoms. The Kier molecular flexibility index (Phi) is 9.21. The highest BCUT2D eigenvalue weighted by molar-refractivity contribution is 6.42. The minimum atomic E-state index is -0.194. The molecule has 1 aromatic heterocycles. The van der Waals surface area contributed by atoms with Gasteiger partial charge in [-0.3, -0.25) is 9.69 Å². The van der Waals surface area contributed by atoms with E-state index in [0.29, 0.717) is 28.0 Å². The van der Waals surface area contributed by atoms with Crippen LogP contribution in [0, 0.1) is 0 Å². The number of oxazole rings is 1. The first-order chi connectivity index (χ1) is 17.0. The molecule has 1 aliphatic rings. The Hall–Kier alpha value is -2.38. The molecule has 1 unspecified atom stereocenters. The summed E-state index contributed by atoms with van der Waals surface area (Å²) >= 11 is 12.5. The van der Waals surface area contributed by atoms with E-state index in [9.17, 15) is 4.79 Å². The largest absolute Gasteiger partial charge is 0.438 e. The second kappa shape index (κ2) is 12.5. The highest BCUT2D eigenvalue weighted by atomic mass is 35.5. The molecule has 1 saturated heterocycles. The number of benzene rings is 2. The van der Waals surface area contributed by atoms with E-state index in [4.69, 9.17) is 27.6 Å². The first kappa shape index (κ1) is 25.7. The fourth-order valence-corrected chi connectivity index (χ4v) is 4.89. The van der Waals surface area contributed by atoms with Crippen LogP contribution in [-0.4, -0.2) is 60.0 Å².